The van der Waals surface area contributed by atoms with E-state index in [4.69, 9.17) is 4.98 Å². The van der Waals surface area contributed by atoms with Crippen molar-refractivity contribution in [1.82, 2.24) is 40.4 Å². The highest BCUT2D eigenvalue weighted by molar-refractivity contribution is 5.85. The average molecular weight is 683 g/mol. The van der Waals surface area contributed by atoms with E-state index in [1.165, 1.54) is 7.11 Å². The Morgan fingerprint density at radius 3 is 1.96 bits per heavy atom. The van der Waals surface area contributed by atoms with E-state index >= 15 is 0 Å². The zero-order valence-corrected chi connectivity index (χ0v) is 28.8. The van der Waals surface area contributed by atoms with Crippen molar-refractivity contribution >= 4 is 18.1 Å². The topological polar surface area (TPSA) is 169 Å². The minimum Gasteiger partial charge on any atom is -0.465 e. The van der Waals surface area contributed by atoms with Gasteiger partial charge in [0.1, 0.15) is 17.7 Å². The van der Waals surface area contributed by atoms with E-state index in [-0.39, 0.29) is 24.0 Å². The first-order chi connectivity index (χ1) is 24.2. The van der Waals surface area contributed by atoms with Gasteiger partial charge in [0.2, 0.25) is 5.91 Å². The summed E-state index contributed by atoms with van der Waals surface area (Å²) >= 11 is 0. The van der Waals surface area contributed by atoms with Crippen LogP contribution in [0, 0.1) is 0 Å². The van der Waals surface area contributed by atoms with Gasteiger partial charge in [0.25, 0.3) is 0 Å². The molecule has 0 spiro atoms. The Balaban J connectivity index is 1.09. The number of likely N-dealkylation sites (tertiary alicyclic amines) is 2. The van der Waals surface area contributed by atoms with Crippen LogP contribution in [0.3, 0.4) is 0 Å². The fourth-order valence-electron chi connectivity index (χ4n) is 7.22. The van der Waals surface area contributed by atoms with Crippen LogP contribution < -0.4 is 10.6 Å². The smallest absolute Gasteiger partial charge is 0.407 e. The summed E-state index contributed by atoms with van der Waals surface area (Å²) in [4.78, 5) is 56.4. The summed E-state index contributed by atoms with van der Waals surface area (Å²) in [6.07, 6.45) is 7.50. The first-order valence-electron chi connectivity index (χ1n) is 17.4. The highest BCUT2D eigenvalue weighted by Gasteiger charge is 2.35. The summed E-state index contributed by atoms with van der Waals surface area (Å²) in [6.45, 7) is 5.93. The molecule has 3 amide bonds. The molecule has 0 saturated carbocycles. The third kappa shape index (κ3) is 7.83. The van der Waals surface area contributed by atoms with E-state index in [1.807, 2.05) is 6.20 Å². The Hall–Kier alpha value is -5.17. The molecule has 13 nitrogen and oxygen atoms in total. The second-order valence-electron chi connectivity index (χ2n) is 13.2. The normalized spacial score (nSPS) is 18.9. The summed E-state index contributed by atoms with van der Waals surface area (Å²) in [5.74, 6) is 1.49. The van der Waals surface area contributed by atoms with Crippen LogP contribution in [-0.2, 0) is 9.53 Å². The average Bonchev–Trinajstić information content (AvgIpc) is 3.95. The van der Waals surface area contributed by atoms with E-state index in [1.54, 1.807) is 18.0 Å². The number of nitrogens with zero attached hydrogens (tertiary/aromatic N) is 4. The molecule has 0 aliphatic carbocycles. The summed E-state index contributed by atoms with van der Waals surface area (Å²) in [5, 5.41) is 14.5. The molecule has 13 heteroatoms. The van der Waals surface area contributed by atoms with Gasteiger partial charge in [-0.1, -0.05) is 61.9 Å². The van der Waals surface area contributed by atoms with Crippen LogP contribution in [0.15, 0.2) is 60.9 Å². The number of rotatable bonds is 12. The van der Waals surface area contributed by atoms with Gasteiger partial charge in [-0.2, -0.15) is 0 Å². The molecule has 2 aliphatic heterocycles. The molecule has 0 unspecified atom stereocenters. The van der Waals surface area contributed by atoms with Crippen molar-refractivity contribution in [2.24, 2.45) is 0 Å². The monoisotopic (exact) mass is 682 g/mol. The first kappa shape index (κ1) is 34.7. The summed E-state index contributed by atoms with van der Waals surface area (Å²) in [6, 6.07) is 15.9. The Kier molecular flexibility index (Phi) is 10.8. The predicted molar refractivity (Wildman–Crippen MR) is 189 cm³/mol. The van der Waals surface area contributed by atoms with Crippen LogP contribution >= 0.6 is 0 Å². The Bertz CT molecular complexity index is 1770. The minimum absolute atomic E-state index is 0.0979. The van der Waals surface area contributed by atoms with E-state index in [0.717, 1.165) is 90.4 Å². The lowest BCUT2D eigenvalue weighted by atomic mass is 10.0. The summed E-state index contributed by atoms with van der Waals surface area (Å²) < 4.78 is 4.64. The third-order valence-corrected chi connectivity index (χ3v) is 9.76. The van der Waals surface area contributed by atoms with Crippen molar-refractivity contribution in [3.8, 4) is 33.6 Å². The van der Waals surface area contributed by atoms with Gasteiger partial charge in [0.05, 0.1) is 43.0 Å². The number of carbonyl (C=O) groups excluding carboxylic acids is 2. The molecule has 0 bridgehead atoms. The molecule has 4 aromatic rings. The van der Waals surface area contributed by atoms with Crippen LogP contribution in [0.2, 0.25) is 0 Å². The van der Waals surface area contributed by atoms with Gasteiger partial charge in [-0.15, -0.1) is 0 Å². The first-order valence-corrected chi connectivity index (χ1v) is 17.4. The number of aromatic nitrogens is 4. The molecule has 2 aromatic carbocycles. The lowest BCUT2D eigenvalue weighted by Crippen LogP contribution is -2.46. The van der Waals surface area contributed by atoms with Crippen molar-refractivity contribution in [3.05, 3.63) is 72.6 Å². The highest BCUT2D eigenvalue weighted by atomic mass is 16.5. The third-order valence-electron chi connectivity index (χ3n) is 9.76. The zero-order valence-electron chi connectivity index (χ0n) is 28.8. The SMILES string of the molecule is CCC[C@@H](CN1CCC[C@H]1c1ncc(-c2ccc(-c3ccc(-c4cnc([C@@H]5CCCN5C(=O)[C@H](C)NC(=O)OC)[nH]4)cc3)cc2)[nH]1)NC(=O)O. The fourth-order valence-corrected chi connectivity index (χ4v) is 7.22. The maximum Gasteiger partial charge on any atom is 0.407 e. The second kappa shape index (κ2) is 15.6. The van der Waals surface area contributed by atoms with Gasteiger partial charge in [0.15, 0.2) is 0 Å². The molecular weight excluding hydrogens is 636 g/mol. The van der Waals surface area contributed by atoms with Crippen molar-refractivity contribution < 1.29 is 24.2 Å². The van der Waals surface area contributed by atoms with Crippen molar-refractivity contribution in [2.75, 3.05) is 26.7 Å². The number of hydrogen-bond acceptors (Lipinski definition) is 7. The minimum atomic E-state index is -0.976. The number of alkyl carbamates (subject to hydrolysis) is 1. The van der Waals surface area contributed by atoms with Gasteiger partial charge in [0, 0.05) is 19.1 Å². The Labute approximate surface area is 291 Å². The molecule has 264 valence electrons. The van der Waals surface area contributed by atoms with Gasteiger partial charge >= 0.3 is 12.2 Å². The number of nitrogens with one attached hydrogen (secondary N) is 4. The van der Waals surface area contributed by atoms with Gasteiger partial charge in [-0.3, -0.25) is 9.69 Å². The fraction of sp³-hybridized carbons (Fsp3) is 0.432. The molecule has 50 heavy (non-hydrogen) atoms. The Morgan fingerprint density at radius 2 is 1.40 bits per heavy atom. The number of carboxylic acid groups (broad SMARTS) is 1. The van der Waals surface area contributed by atoms with E-state index < -0.39 is 18.2 Å². The highest BCUT2D eigenvalue weighted by Crippen LogP contribution is 2.34. The number of carbonyl (C=O) groups is 3. The van der Waals surface area contributed by atoms with Crippen LogP contribution in [0.1, 0.15) is 76.1 Å². The van der Waals surface area contributed by atoms with Gasteiger partial charge < -0.3 is 35.3 Å². The van der Waals surface area contributed by atoms with Crippen molar-refractivity contribution in [1.29, 1.82) is 0 Å². The second-order valence-corrected chi connectivity index (χ2v) is 13.2. The number of hydrogen-bond donors (Lipinski definition) is 5. The maximum absolute atomic E-state index is 13.1. The molecule has 2 fully saturated rings. The van der Waals surface area contributed by atoms with Gasteiger partial charge in [-0.25, -0.2) is 19.6 Å². The van der Waals surface area contributed by atoms with Crippen LogP contribution in [-0.4, -0.2) is 91.8 Å². The lowest BCUT2D eigenvalue weighted by Gasteiger charge is -2.27. The standard InChI is InChI=1S/C37H46N8O5/c1-4-7-28(41-36(47)48)22-44-18-5-8-31(44)33-38-20-29(42-33)26-14-10-24(11-15-26)25-12-16-27(17-13-25)30-21-39-34(43-30)32-9-6-19-45(32)35(46)23(2)40-37(49)50-3/h10-17,20-21,23,28,31-32,41H,4-9,18-19,22H2,1-3H3,(H,38,42)(H,39,43)(H,40,49)(H,47,48)/t23-,28-,31-,32-/m0/s1. The number of amides is 3. The van der Waals surface area contributed by atoms with E-state index in [0.29, 0.717) is 13.1 Å². The number of ether oxygens (including phenoxy) is 1. The number of benzene rings is 2. The molecule has 0 radical (unpaired) electrons. The predicted octanol–water partition coefficient (Wildman–Crippen LogP) is 6.12. The quantitative estimate of drug-likeness (QED) is 0.119. The Morgan fingerprint density at radius 1 is 0.860 bits per heavy atom. The number of aromatic amines is 2. The van der Waals surface area contributed by atoms with E-state index in [9.17, 15) is 19.5 Å². The molecule has 4 atom stereocenters. The number of H-pyrrole nitrogens is 2. The van der Waals surface area contributed by atoms with Crippen LogP contribution in [0.5, 0.6) is 0 Å². The maximum atomic E-state index is 13.1. The zero-order chi connectivity index (χ0) is 35.2. The molecular formula is C37H46N8O5. The summed E-state index contributed by atoms with van der Waals surface area (Å²) in [7, 11) is 1.27. The largest absolute Gasteiger partial charge is 0.465 e. The van der Waals surface area contributed by atoms with Crippen molar-refractivity contribution in [2.45, 2.75) is 76.5 Å². The van der Waals surface area contributed by atoms with E-state index in [2.05, 4.69) is 90.7 Å². The molecule has 2 aromatic heterocycles. The molecule has 2 saturated heterocycles. The van der Waals surface area contributed by atoms with Crippen LogP contribution in [0.4, 0.5) is 9.59 Å². The number of imidazole rings is 2. The molecule has 2 aliphatic rings. The molecule has 5 N–H and O–H groups in total. The molecule has 6 rings (SSSR count). The molecule has 4 heterocycles. The van der Waals surface area contributed by atoms with Gasteiger partial charge in [-0.05, 0) is 67.8 Å². The van der Waals surface area contributed by atoms with Crippen LogP contribution in [0.25, 0.3) is 33.6 Å². The van der Waals surface area contributed by atoms with Crippen molar-refractivity contribution in [3.63, 3.8) is 0 Å². The number of methoxy groups -OCH3 is 1. The summed E-state index contributed by atoms with van der Waals surface area (Å²) in [5.41, 5.74) is 6.04. The lowest BCUT2D eigenvalue weighted by molar-refractivity contribution is -0.134.